The Morgan fingerprint density at radius 1 is 1.71 bits per heavy atom. The van der Waals surface area contributed by atoms with E-state index in [0.717, 1.165) is 0 Å². The fourth-order valence-electron chi connectivity index (χ4n) is 1.72. The zero-order valence-corrected chi connectivity index (χ0v) is 8.29. The number of hydrogen-bond donors (Lipinski definition) is 0. The maximum absolute atomic E-state index is 13.4. The second-order valence-electron chi connectivity index (χ2n) is 3.55. The third-order valence-corrected chi connectivity index (χ3v) is 2.45. The Morgan fingerprint density at radius 2 is 2.43 bits per heavy atom. The minimum absolute atomic E-state index is 0.0493. The molecule has 4 heteroatoms. The molecular formula is C10H15FO3. The molecule has 0 spiro atoms. The van der Waals surface area contributed by atoms with Crippen molar-refractivity contribution in [1.29, 1.82) is 0 Å². The Kier molecular flexibility index (Phi) is 4.04. The summed E-state index contributed by atoms with van der Waals surface area (Å²) in [5, 5.41) is 0. The maximum Gasteiger partial charge on any atom is 0.341 e. The molecule has 0 saturated heterocycles. The van der Waals surface area contributed by atoms with Crippen LogP contribution < -0.4 is 0 Å². The minimum Gasteiger partial charge on any atom is -0.464 e. The molecular weight excluding hydrogens is 187 g/mol. The van der Waals surface area contributed by atoms with E-state index in [1.165, 1.54) is 0 Å². The Morgan fingerprint density at radius 3 is 3.00 bits per heavy atom. The van der Waals surface area contributed by atoms with Gasteiger partial charge >= 0.3 is 5.97 Å². The van der Waals surface area contributed by atoms with E-state index in [1.54, 1.807) is 6.92 Å². The molecule has 0 bridgehead atoms. The molecule has 1 fully saturated rings. The molecule has 2 atom stereocenters. The maximum atomic E-state index is 13.4. The summed E-state index contributed by atoms with van der Waals surface area (Å²) in [6, 6.07) is 0. The zero-order valence-electron chi connectivity index (χ0n) is 8.29. The number of ether oxygens (including phenoxy) is 1. The first-order valence-electron chi connectivity index (χ1n) is 4.97. The van der Waals surface area contributed by atoms with Crippen molar-refractivity contribution in [3.63, 3.8) is 0 Å². The summed E-state index contributed by atoms with van der Waals surface area (Å²) in [4.78, 5) is 22.1. The Hall–Kier alpha value is -0.930. The Labute approximate surface area is 82.6 Å². The lowest BCUT2D eigenvalue weighted by atomic mass is 9.85. The molecule has 14 heavy (non-hydrogen) atoms. The standard InChI is InChI=1S/C10H15FO3/c1-2-14-10(13)9(11)7-4-3-5-8(12)6-7/h7,9H,2-6H2,1H3/t7-,9-/m0/s1. The lowest BCUT2D eigenvalue weighted by Gasteiger charge is -2.22. The summed E-state index contributed by atoms with van der Waals surface area (Å²) in [5.74, 6) is -1.24. The smallest absolute Gasteiger partial charge is 0.341 e. The molecule has 1 rings (SSSR count). The molecule has 0 aromatic carbocycles. The van der Waals surface area contributed by atoms with Gasteiger partial charge < -0.3 is 4.74 Å². The summed E-state index contributed by atoms with van der Waals surface area (Å²) in [7, 11) is 0. The first-order valence-corrected chi connectivity index (χ1v) is 4.97. The van der Waals surface area contributed by atoms with Crippen LogP contribution >= 0.6 is 0 Å². The van der Waals surface area contributed by atoms with Gasteiger partial charge in [-0.2, -0.15) is 0 Å². The third-order valence-electron chi connectivity index (χ3n) is 2.45. The molecule has 0 aliphatic heterocycles. The average molecular weight is 202 g/mol. The summed E-state index contributed by atoms with van der Waals surface area (Å²) < 4.78 is 18.0. The van der Waals surface area contributed by atoms with Crippen LogP contribution in [0.2, 0.25) is 0 Å². The van der Waals surface area contributed by atoms with Crippen LogP contribution in [0.15, 0.2) is 0 Å². The highest BCUT2D eigenvalue weighted by molar-refractivity contribution is 5.81. The van der Waals surface area contributed by atoms with Crippen molar-refractivity contribution in [2.45, 2.75) is 38.8 Å². The first kappa shape index (κ1) is 11.1. The number of carbonyl (C=O) groups is 2. The van der Waals surface area contributed by atoms with Crippen LogP contribution in [-0.4, -0.2) is 24.5 Å². The normalized spacial score (nSPS) is 24.4. The highest BCUT2D eigenvalue weighted by Gasteiger charge is 2.32. The van der Waals surface area contributed by atoms with E-state index in [1.807, 2.05) is 0 Å². The molecule has 3 nitrogen and oxygen atoms in total. The van der Waals surface area contributed by atoms with Crippen LogP contribution in [0.4, 0.5) is 4.39 Å². The number of hydrogen-bond acceptors (Lipinski definition) is 3. The van der Waals surface area contributed by atoms with Crippen molar-refractivity contribution >= 4 is 11.8 Å². The van der Waals surface area contributed by atoms with E-state index in [9.17, 15) is 14.0 Å². The molecule has 0 heterocycles. The number of carbonyl (C=O) groups excluding carboxylic acids is 2. The predicted molar refractivity (Wildman–Crippen MR) is 48.5 cm³/mol. The fourth-order valence-corrected chi connectivity index (χ4v) is 1.72. The SMILES string of the molecule is CCOC(=O)[C@@H](F)[C@H]1CCCC(=O)C1. The number of ketones is 1. The van der Waals surface area contributed by atoms with Crippen LogP contribution in [0.1, 0.15) is 32.6 Å². The molecule has 0 aromatic heterocycles. The third kappa shape index (κ3) is 2.79. The van der Waals surface area contributed by atoms with E-state index in [4.69, 9.17) is 0 Å². The topological polar surface area (TPSA) is 43.4 Å². The second-order valence-corrected chi connectivity index (χ2v) is 3.55. The molecule has 80 valence electrons. The van der Waals surface area contributed by atoms with Crippen molar-refractivity contribution in [2.24, 2.45) is 5.92 Å². The van der Waals surface area contributed by atoms with Gasteiger partial charge in [0.15, 0.2) is 6.17 Å². The van der Waals surface area contributed by atoms with Gasteiger partial charge in [0, 0.05) is 18.8 Å². The average Bonchev–Trinajstić information content (AvgIpc) is 2.17. The molecule has 0 aromatic rings. The summed E-state index contributed by atoms with van der Waals surface area (Å²) >= 11 is 0. The summed E-state index contributed by atoms with van der Waals surface area (Å²) in [6.45, 7) is 1.82. The van der Waals surface area contributed by atoms with Gasteiger partial charge in [-0.15, -0.1) is 0 Å². The lowest BCUT2D eigenvalue weighted by molar-refractivity contribution is -0.152. The van der Waals surface area contributed by atoms with Crippen LogP contribution in [-0.2, 0) is 14.3 Å². The van der Waals surface area contributed by atoms with E-state index in [2.05, 4.69) is 4.74 Å². The van der Waals surface area contributed by atoms with Gasteiger partial charge in [0.25, 0.3) is 0 Å². The van der Waals surface area contributed by atoms with E-state index in [-0.39, 0.29) is 18.8 Å². The van der Waals surface area contributed by atoms with E-state index in [0.29, 0.717) is 19.3 Å². The second kappa shape index (κ2) is 5.08. The molecule has 0 unspecified atom stereocenters. The molecule has 0 N–H and O–H groups in total. The van der Waals surface area contributed by atoms with E-state index < -0.39 is 18.1 Å². The lowest BCUT2D eigenvalue weighted by Crippen LogP contribution is -2.31. The van der Waals surface area contributed by atoms with Crippen molar-refractivity contribution in [1.82, 2.24) is 0 Å². The predicted octanol–water partition coefficient (Wildman–Crippen LogP) is 1.65. The largest absolute Gasteiger partial charge is 0.464 e. The van der Waals surface area contributed by atoms with Gasteiger partial charge in [0.05, 0.1) is 6.61 Å². The molecule has 0 amide bonds. The zero-order chi connectivity index (χ0) is 10.6. The van der Waals surface area contributed by atoms with Crippen molar-refractivity contribution in [3.05, 3.63) is 0 Å². The first-order chi connectivity index (χ1) is 6.65. The fraction of sp³-hybridized carbons (Fsp3) is 0.800. The van der Waals surface area contributed by atoms with Crippen LogP contribution in [0, 0.1) is 5.92 Å². The number of alkyl halides is 1. The van der Waals surface area contributed by atoms with Crippen molar-refractivity contribution in [3.8, 4) is 0 Å². The van der Waals surface area contributed by atoms with Gasteiger partial charge in [0.1, 0.15) is 5.78 Å². The highest BCUT2D eigenvalue weighted by atomic mass is 19.1. The Bertz CT molecular complexity index is 227. The van der Waals surface area contributed by atoms with E-state index >= 15 is 0 Å². The molecule has 1 saturated carbocycles. The van der Waals surface area contributed by atoms with Gasteiger partial charge in [-0.3, -0.25) is 4.79 Å². The Balaban J connectivity index is 2.46. The highest BCUT2D eigenvalue weighted by Crippen LogP contribution is 2.26. The number of rotatable bonds is 3. The minimum atomic E-state index is -1.63. The monoisotopic (exact) mass is 202 g/mol. The van der Waals surface area contributed by atoms with Crippen LogP contribution in [0.5, 0.6) is 0 Å². The van der Waals surface area contributed by atoms with Crippen LogP contribution in [0.25, 0.3) is 0 Å². The molecule has 0 radical (unpaired) electrons. The number of Topliss-reactive ketones (excluding diaryl/α,β-unsaturated/α-hetero) is 1. The van der Waals surface area contributed by atoms with Gasteiger partial charge in [-0.1, -0.05) is 0 Å². The number of halogens is 1. The van der Waals surface area contributed by atoms with Gasteiger partial charge in [0.2, 0.25) is 0 Å². The van der Waals surface area contributed by atoms with Crippen LogP contribution in [0.3, 0.4) is 0 Å². The summed E-state index contributed by atoms with van der Waals surface area (Å²) in [6.07, 6.45) is 0.361. The van der Waals surface area contributed by atoms with Gasteiger partial charge in [-0.25, -0.2) is 9.18 Å². The van der Waals surface area contributed by atoms with Gasteiger partial charge in [-0.05, 0) is 19.8 Å². The van der Waals surface area contributed by atoms with Crippen molar-refractivity contribution < 1.29 is 18.7 Å². The summed E-state index contributed by atoms with van der Waals surface area (Å²) in [5.41, 5.74) is 0. The van der Waals surface area contributed by atoms with Crippen molar-refractivity contribution in [2.75, 3.05) is 6.61 Å². The number of esters is 1. The quantitative estimate of drug-likeness (QED) is 0.653. The molecule has 1 aliphatic rings. The molecule has 1 aliphatic carbocycles.